The number of phenols is 1. The molecular formula is C35H47Cl2N3O3. The lowest BCUT2D eigenvalue weighted by atomic mass is 10.1. The fourth-order valence-electron chi connectivity index (χ4n) is 4.28. The number of para-hydroxylation sites is 1. The molecule has 3 aromatic carbocycles. The molecular weight excluding hydrogens is 581 g/mol. The summed E-state index contributed by atoms with van der Waals surface area (Å²) in [6, 6.07) is 20.2. The highest BCUT2D eigenvalue weighted by molar-refractivity contribution is 6.30. The number of rotatable bonds is 11. The number of likely N-dealkylation sites (tertiary alicyclic amines) is 1. The van der Waals surface area contributed by atoms with Gasteiger partial charge in [-0.3, -0.25) is 4.79 Å². The van der Waals surface area contributed by atoms with Gasteiger partial charge in [-0.25, -0.2) is 0 Å². The molecule has 0 radical (unpaired) electrons. The van der Waals surface area contributed by atoms with Gasteiger partial charge >= 0.3 is 0 Å². The van der Waals surface area contributed by atoms with E-state index in [9.17, 15) is 9.90 Å². The highest BCUT2D eigenvalue weighted by Crippen LogP contribution is 2.28. The van der Waals surface area contributed by atoms with Crippen molar-refractivity contribution in [3.63, 3.8) is 0 Å². The van der Waals surface area contributed by atoms with Crippen LogP contribution in [-0.2, 0) is 11.2 Å². The molecule has 0 saturated carbocycles. The van der Waals surface area contributed by atoms with Crippen LogP contribution in [0, 0.1) is 6.92 Å². The highest BCUT2D eigenvalue weighted by Gasteiger charge is 2.10. The second-order valence-corrected chi connectivity index (χ2v) is 11.3. The van der Waals surface area contributed by atoms with Gasteiger partial charge in [-0.2, -0.15) is 0 Å². The minimum atomic E-state index is 0.161. The summed E-state index contributed by atoms with van der Waals surface area (Å²) in [5, 5.41) is 13.9. The van der Waals surface area contributed by atoms with Gasteiger partial charge in [0.25, 0.3) is 0 Å². The van der Waals surface area contributed by atoms with Crippen LogP contribution in [0.15, 0.2) is 79.0 Å². The number of carbonyl (C=O) groups is 1. The van der Waals surface area contributed by atoms with Crippen molar-refractivity contribution in [3.05, 3.63) is 100 Å². The van der Waals surface area contributed by atoms with Gasteiger partial charge in [0.05, 0.1) is 0 Å². The standard InChI is InChI=1S/C13H10Cl2O.C13H19NO.C9H18N2O/c1-9-8-11(15)4-7-13(9)16-12-5-2-10(14)3-6-12;1-4-11(2)14(3)10-9-12-7-5-6-8-13(12)15;1-2-9(12)10-5-8-11-6-3-4-7-11/h2-8H,1H3;5-8,15H,2,4,9-10H2,1,3H3;2-8H2,1H3,(H,10,12). The third kappa shape index (κ3) is 14.2. The van der Waals surface area contributed by atoms with Gasteiger partial charge in [0.15, 0.2) is 0 Å². The lowest BCUT2D eigenvalue weighted by Gasteiger charge is -2.20. The van der Waals surface area contributed by atoms with E-state index in [1.54, 1.807) is 24.3 Å². The predicted octanol–water partition coefficient (Wildman–Crippen LogP) is 8.49. The van der Waals surface area contributed by atoms with Gasteiger partial charge in [-0.1, -0.05) is 61.8 Å². The summed E-state index contributed by atoms with van der Waals surface area (Å²) in [5.74, 6) is 2.10. The first-order chi connectivity index (χ1) is 20.6. The number of allylic oxidation sites excluding steroid dienone is 1. The molecule has 4 rings (SSSR count). The van der Waals surface area contributed by atoms with E-state index < -0.39 is 0 Å². The van der Waals surface area contributed by atoms with Crippen LogP contribution < -0.4 is 10.1 Å². The lowest BCUT2D eigenvalue weighted by molar-refractivity contribution is -0.120. The number of hydrogen-bond donors (Lipinski definition) is 2. The van der Waals surface area contributed by atoms with Crippen molar-refractivity contribution in [2.45, 2.75) is 52.9 Å². The second-order valence-electron chi connectivity index (χ2n) is 10.4. The van der Waals surface area contributed by atoms with E-state index in [1.807, 2.05) is 63.4 Å². The van der Waals surface area contributed by atoms with Crippen LogP contribution in [0.1, 0.15) is 50.7 Å². The molecule has 6 nitrogen and oxygen atoms in total. The molecule has 1 amide bonds. The van der Waals surface area contributed by atoms with E-state index in [1.165, 1.54) is 25.9 Å². The number of amides is 1. The molecule has 8 heteroatoms. The van der Waals surface area contributed by atoms with E-state index in [0.29, 0.717) is 22.2 Å². The van der Waals surface area contributed by atoms with Crippen molar-refractivity contribution >= 4 is 29.1 Å². The zero-order valence-corrected chi connectivity index (χ0v) is 27.6. The fraction of sp³-hybridized carbons (Fsp3) is 0.400. The molecule has 234 valence electrons. The number of halogens is 2. The molecule has 0 atom stereocenters. The molecule has 0 spiro atoms. The van der Waals surface area contributed by atoms with Crippen molar-refractivity contribution in [3.8, 4) is 17.2 Å². The number of aryl methyl sites for hydroxylation is 1. The molecule has 1 fully saturated rings. The van der Waals surface area contributed by atoms with Gasteiger partial charge in [0.2, 0.25) is 5.91 Å². The Morgan fingerprint density at radius 3 is 2.26 bits per heavy atom. The molecule has 0 aliphatic carbocycles. The van der Waals surface area contributed by atoms with Gasteiger partial charge in [-0.05, 0) is 105 Å². The summed E-state index contributed by atoms with van der Waals surface area (Å²) < 4.78 is 5.70. The van der Waals surface area contributed by atoms with Crippen molar-refractivity contribution < 1.29 is 14.6 Å². The van der Waals surface area contributed by atoms with E-state index in [-0.39, 0.29) is 5.91 Å². The van der Waals surface area contributed by atoms with E-state index in [0.717, 1.165) is 60.8 Å². The number of likely N-dealkylation sites (N-methyl/N-ethyl adjacent to an activating group) is 1. The first kappa shape index (κ1) is 36.0. The minimum Gasteiger partial charge on any atom is -0.508 e. The summed E-state index contributed by atoms with van der Waals surface area (Å²) in [6.07, 6.45) is 5.06. The molecule has 43 heavy (non-hydrogen) atoms. The van der Waals surface area contributed by atoms with Gasteiger partial charge in [0.1, 0.15) is 17.2 Å². The average Bonchev–Trinajstić information content (AvgIpc) is 3.53. The Balaban J connectivity index is 0.000000228. The molecule has 1 heterocycles. The fourth-order valence-corrected chi connectivity index (χ4v) is 4.63. The Labute approximate surface area is 268 Å². The first-order valence-electron chi connectivity index (χ1n) is 15.0. The SMILES string of the molecule is C=C(CC)N(C)CCc1ccccc1O.CCC(=O)NCCN1CCCC1.Cc1cc(Cl)ccc1Oc1ccc(Cl)cc1. The maximum absolute atomic E-state index is 10.9. The molecule has 2 N–H and O–H groups in total. The van der Waals surface area contributed by atoms with Gasteiger partial charge in [-0.15, -0.1) is 0 Å². The van der Waals surface area contributed by atoms with Crippen LogP contribution in [0.3, 0.4) is 0 Å². The highest BCUT2D eigenvalue weighted by atomic mass is 35.5. The average molecular weight is 629 g/mol. The Morgan fingerprint density at radius 2 is 1.65 bits per heavy atom. The maximum atomic E-state index is 10.9. The van der Waals surface area contributed by atoms with Crippen LogP contribution in [0.25, 0.3) is 0 Å². The lowest BCUT2D eigenvalue weighted by Crippen LogP contribution is -2.33. The van der Waals surface area contributed by atoms with Crippen LogP contribution in [-0.4, -0.2) is 60.6 Å². The molecule has 1 aliphatic heterocycles. The largest absolute Gasteiger partial charge is 0.508 e. The second kappa shape index (κ2) is 19.9. The zero-order chi connectivity index (χ0) is 31.6. The van der Waals surface area contributed by atoms with Gasteiger partial charge < -0.3 is 25.0 Å². The molecule has 0 bridgehead atoms. The number of benzene rings is 3. The molecule has 3 aromatic rings. The number of nitrogens with zero attached hydrogens (tertiary/aromatic N) is 2. The Kier molecular flexibility index (Phi) is 16.7. The summed E-state index contributed by atoms with van der Waals surface area (Å²) in [4.78, 5) is 15.4. The number of carbonyl (C=O) groups excluding carboxylic acids is 1. The molecule has 0 aromatic heterocycles. The monoisotopic (exact) mass is 627 g/mol. The summed E-state index contributed by atoms with van der Waals surface area (Å²) >= 11 is 11.7. The maximum Gasteiger partial charge on any atom is 0.219 e. The minimum absolute atomic E-state index is 0.161. The Bertz CT molecular complexity index is 1260. The van der Waals surface area contributed by atoms with Crippen LogP contribution in [0.5, 0.6) is 17.2 Å². The number of ether oxygens (including phenoxy) is 1. The number of aromatic hydroxyl groups is 1. The van der Waals surface area contributed by atoms with E-state index in [2.05, 4.69) is 28.6 Å². The van der Waals surface area contributed by atoms with Crippen LogP contribution >= 0.6 is 23.2 Å². The number of hydrogen-bond acceptors (Lipinski definition) is 5. The van der Waals surface area contributed by atoms with Gasteiger partial charge in [0, 0.05) is 48.8 Å². The first-order valence-corrected chi connectivity index (χ1v) is 15.7. The van der Waals surface area contributed by atoms with Crippen LogP contribution in [0.2, 0.25) is 10.0 Å². The molecule has 1 saturated heterocycles. The third-order valence-electron chi connectivity index (χ3n) is 7.10. The van der Waals surface area contributed by atoms with Crippen LogP contribution in [0.4, 0.5) is 0 Å². The smallest absolute Gasteiger partial charge is 0.219 e. The Morgan fingerprint density at radius 1 is 1.00 bits per heavy atom. The zero-order valence-electron chi connectivity index (χ0n) is 26.0. The predicted molar refractivity (Wildman–Crippen MR) is 181 cm³/mol. The molecule has 1 aliphatic rings. The van der Waals surface area contributed by atoms with E-state index in [4.69, 9.17) is 27.9 Å². The summed E-state index contributed by atoms with van der Waals surface area (Å²) in [6.45, 7) is 15.0. The van der Waals surface area contributed by atoms with Crippen molar-refractivity contribution in [2.24, 2.45) is 0 Å². The summed E-state index contributed by atoms with van der Waals surface area (Å²) in [5.41, 5.74) is 3.13. The van der Waals surface area contributed by atoms with Crippen molar-refractivity contribution in [1.82, 2.24) is 15.1 Å². The number of nitrogens with one attached hydrogen (secondary N) is 1. The van der Waals surface area contributed by atoms with E-state index >= 15 is 0 Å². The Hall–Kier alpha value is -3.19. The van der Waals surface area contributed by atoms with Crippen molar-refractivity contribution in [2.75, 3.05) is 39.8 Å². The normalized spacial score (nSPS) is 12.3. The quantitative estimate of drug-likeness (QED) is 0.223. The topological polar surface area (TPSA) is 65.0 Å². The molecule has 0 unspecified atom stereocenters. The van der Waals surface area contributed by atoms with Crippen molar-refractivity contribution in [1.29, 1.82) is 0 Å². The summed E-state index contributed by atoms with van der Waals surface area (Å²) in [7, 11) is 2.03. The third-order valence-corrected chi connectivity index (χ3v) is 7.59. The number of phenolic OH excluding ortho intramolecular Hbond substituents is 1.